The van der Waals surface area contributed by atoms with Crippen molar-refractivity contribution in [3.8, 4) is 11.5 Å². The summed E-state index contributed by atoms with van der Waals surface area (Å²) in [4.78, 5) is 26.9. The highest BCUT2D eigenvalue weighted by Gasteiger charge is 2.36. The summed E-state index contributed by atoms with van der Waals surface area (Å²) in [5.74, 6) is 0.785. The first-order valence-corrected chi connectivity index (χ1v) is 12.5. The van der Waals surface area contributed by atoms with Crippen LogP contribution in [-0.2, 0) is 11.4 Å². The molecular weight excluding hydrogens is 570 g/mol. The number of halogens is 2. The van der Waals surface area contributed by atoms with Gasteiger partial charge < -0.3 is 9.47 Å². The number of para-hydroxylation sites is 1. The number of benzene rings is 3. The lowest BCUT2D eigenvalue weighted by Gasteiger charge is -2.15. The first kappa shape index (κ1) is 23.6. The van der Waals surface area contributed by atoms with Crippen molar-refractivity contribution in [2.24, 2.45) is 0 Å². The molecule has 0 unspecified atom stereocenters. The fraction of sp³-hybridized carbons (Fsp3) is 0.120. The molecule has 1 saturated heterocycles. The smallest absolute Gasteiger partial charge is 0.298 e. The van der Waals surface area contributed by atoms with Gasteiger partial charge in [0.05, 0.1) is 21.7 Å². The average Bonchev–Trinajstić information content (AvgIpc) is 3.08. The average molecular weight is 589 g/mol. The molecule has 0 N–H and O–H groups in total. The first-order chi connectivity index (χ1) is 16.0. The Labute approximate surface area is 213 Å². The number of nitrogens with zero attached hydrogens (tertiary/aromatic N) is 1. The van der Waals surface area contributed by atoms with Crippen molar-refractivity contribution in [1.82, 2.24) is 0 Å². The molecule has 3 aromatic carbocycles. The molecule has 0 spiro atoms. The molecule has 0 radical (unpaired) electrons. The third kappa shape index (κ3) is 5.51. The van der Waals surface area contributed by atoms with Gasteiger partial charge in [0.25, 0.3) is 11.1 Å². The Kier molecular flexibility index (Phi) is 7.57. The van der Waals surface area contributed by atoms with Gasteiger partial charge in [0, 0.05) is 4.47 Å². The molecule has 33 heavy (non-hydrogen) atoms. The molecule has 0 atom stereocenters. The predicted molar refractivity (Wildman–Crippen MR) is 139 cm³/mol. The zero-order valence-electron chi connectivity index (χ0n) is 17.6. The summed E-state index contributed by atoms with van der Waals surface area (Å²) in [5, 5.41) is -0.323. The number of ether oxygens (including phenoxy) is 2. The number of carbonyl (C=O) groups excluding carboxylic acids is 2. The van der Waals surface area contributed by atoms with E-state index in [1.165, 1.54) is 4.90 Å². The molecule has 0 aliphatic carbocycles. The maximum Gasteiger partial charge on any atom is 0.298 e. The van der Waals surface area contributed by atoms with Gasteiger partial charge in [-0.3, -0.25) is 9.59 Å². The van der Waals surface area contributed by atoms with E-state index in [0.29, 0.717) is 39.8 Å². The second kappa shape index (κ2) is 10.6. The largest absolute Gasteiger partial charge is 0.490 e. The summed E-state index contributed by atoms with van der Waals surface area (Å²) in [7, 11) is 0. The van der Waals surface area contributed by atoms with Gasteiger partial charge in [-0.25, -0.2) is 4.90 Å². The monoisotopic (exact) mass is 587 g/mol. The van der Waals surface area contributed by atoms with E-state index in [4.69, 9.17) is 9.47 Å². The van der Waals surface area contributed by atoms with Crippen molar-refractivity contribution in [3.05, 3.63) is 91.7 Å². The van der Waals surface area contributed by atoms with Crippen molar-refractivity contribution < 1.29 is 19.1 Å². The van der Waals surface area contributed by atoms with E-state index in [9.17, 15) is 9.59 Å². The number of hydrogen-bond donors (Lipinski definition) is 0. The summed E-state index contributed by atoms with van der Waals surface area (Å²) in [5.41, 5.74) is 2.29. The van der Waals surface area contributed by atoms with Gasteiger partial charge in [-0.05, 0) is 88.2 Å². The fourth-order valence-electron chi connectivity index (χ4n) is 3.23. The minimum Gasteiger partial charge on any atom is -0.490 e. The van der Waals surface area contributed by atoms with Crippen molar-refractivity contribution in [2.75, 3.05) is 11.5 Å². The molecule has 1 heterocycles. The number of amides is 2. The third-order valence-electron chi connectivity index (χ3n) is 4.73. The van der Waals surface area contributed by atoms with E-state index in [-0.39, 0.29) is 11.1 Å². The van der Waals surface area contributed by atoms with Crippen LogP contribution in [0.4, 0.5) is 10.5 Å². The van der Waals surface area contributed by atoms with Crippen LogP contribution in [0.3, 0.4) is 0 Å². The molecular formula is C25H19Br2NO4S. The lowest BCUT2D eigenvalue weighted by molar-refractivity contribution is -0.113. The first-order valence-electron chi connectivity index (χ1n) is 10.1. The molecule has 1 aliphatic heterocycles. The zero-order chi connectivity index (χ0) is 23.4. The maximum absolute atomic E-state index is 12.9. The Bertz CT molecular complexity index is 1210. The number of anilines is 1. The van der Waals surface area contributed by atoms with Crippen LogP contribution in [-0.4, -0.2) is 17.8 Å². The number of rotatable bonds is 7. The molecule has 0 aromatic heterocycles. The fourth-order valence-corrected chi connectivity index (χ4v) is 4.91. The molecule has 1 aliphatic rings. The van der Waals surface area contributed by atoms with Crippen LogP contribution >= 0.6 is 43.6 Å². The number of carbonyl (C=O) groups is 2. The highest BCUT2D eigenvalue weighted by molar-refractivity contribution is 9.10. The van der Waals surface area contributed by atoms with E-state index in [2.05, 4.69) is 31.9 Å². The number of hydrogen-bond acceptors (Lipinski definition) is 5. The topological polar surface area (TPSA) is 55.8 Å². The summed E-state index contributed by atoms with van der Waals surface area (Å²) in [6.07, 6.45) is 1.69. The molecule has 0 bridgehead atoms. The highest BCUT2D eigenvalue weighted by atomic mass is 79.9. The minimum absolute atomic E-state index is 0.323. The van der Waals surface area contributed by atoms with Gasteiger partial charge in [-0.2, -0.15) is 0 Å². The zero-order valence-corrected chi connectivity index (χ0v) is 21.6. The molecule has 4 rings (SSSR count). The van der Waals surface area contributed by atoms with Crippen molar-refractivity contribution >= 4 is 66.5 Å². The van der Waals surface area contributed by atoms with E-state index in [0.717, 1.165) is 27.4 Å². The van der Waals surface area contributed by atoms with E-state index >= 15 is 0 Å². The van der Waals surface area contributed by atoms with Crippen molar-refractivity contribution in [1.29, 1.82) is 0 Å². The van der Waals surface area contributed by atoms with Crippen LogP contribution in [0.25, 0.3) is 6.08 Å². The summed E-state index contributed by atoms with van der Waals surface area (Å²) in [6, 6.07) is 20.4. The molecule has 8 heteroatoms. The SMILES string of the molecule is CCOc1cc(/C=C2\SC(=O)N(c3ccccc3)C2=O)cc(Br)c1OCc1ccc(Br)cc1. The standard InChI is InChI=1S/C25H19Br2NO4S/c1-2-31-21-13-17(12-20(27)23(21)32-15-16-8-10-18(26)11-9-16)14-22-24(29)28(25(30)33-22)19-6-4-3-5-7-19/h3-14H,2,15H2,1H3/b22-14-. The van der Waals surface area contributed by atoms with Gasteiger partial charge in [0.15, 0.2) is 11.5 Å². The van der Waals surface area contributed by atoms with Crippen molar-refractivity contribution in [2.45, 2.75) is 13.5 Å². The molecule has 168 valence electrons. The highest BCUT2D eigenvalue weighted by Crippen LogP contribution is 2.40. The minimum atomic E-state index is -0.346. The Morgan fingerprint density at radius 3 is 2.39 bits per heavy atom. The quantitative estimate of drug-likeness (QED) is 0.269. The van der Waals surface area contributed by atoms with Crippen LogP contribution in [0.1, 0.15) is 18.1 Å². The normalized spacial score (nSPS) is 14.8. The second-order valence-electron chi connectivity index (χ2n) is 7.03. The molecule has 2 amide bonds. The van der Waals surface area contributed by atoms with E-state index in [1.54, 1.807) is 30.3 Å². The van der Waals surface area contributed by atoms with E-state index in [1.807, 2.05) is 49.4 Å². The lowest BCUT2D eigenvalue weighted by Crippen LogP contribution is -2.27. The van der Waals surface area contributed by atoms with Gasteiger partial charge in [0.1, 0.15) is 6.61 Å². The van der Waals surface area contributed by atoms with Crippen LogP contribution in [0.15, 0.2) is 80.6 Å². The predicted octanol–water partition coefficient (Wildman–Crippen LogP) is 7.43. The summed E-state index contributed by atoms with van der Waals surface area (Å²) >= 11 is 7.91. The van der Waals surface area contributed by atoms with Gasteiger partial charge in [-0.1, -0.05) is 46.3 Å². The maximum atomic E-state index is 12.9. The van der Waals surface area contributed by atoms with Crippen LogP contribution in [0, 0.1) is 0 Å². The third-order valence-corrected chi connectivity index (χ3v) is 6.72. The van der Waals surface area contributed by atoms with Gasteiger partial charge in [0.2, 0.25) is 0 Å². The molecule has 3 aromatic rings. The van der Waals surface area contributed by atoms with Gasteiger partial charge in [-0.15, -0.1) is 0 Å². The molecule has 1 fully saturated rings. The summed E-state index contributed by atoms with van der Waals surface area (Å²) in [6.45, 7) is 2.72. The lowest BCUT2D eigenvalue weighted by atomic mass is 10.1. The summed E-state index contributed by atoms with van der Waals surface area (Å²) < 4.78 is 13.5. The van der Waals surface area contributed by atoms with Crippen LogP contribution in [0.2, 0.25) is 0 Å². The van der Waals surface area contributed by atoms with Crippen LogP contribution < -0.4 is 14.4 Å². The number of imide groups is 1. The van der Waals surface area contributed by atoms with Gasteiger partial charge >= 0.3 is 0 Å². The van der Waals surface area contributed by atoms with E-state index < -0.39 is 0 Å². The Balaban J connectivity index is 1.59. The Hall–Kier alpha value is -2.55. The molecule has 0 saturated carbocycles. The van der Waals surface area contributed by atoms with Crippen LogP contribution in [0.5, 0.6) is 11.5 Å². The number of thioether (sulfide) groups is 1. The Morgan fingerprint density at radius 1 is 0.970 bits per heavy atom. The molecule has 5 nitrogen and oxygen atoms in total. The van der Waals surface area contributed by atoms with Crippen molar-refractivity contribution in [3.63, 3.8) is 0 Å². The second-order valence-corrected chi connectivity index (χ2v) is 9.79. The Morgan fingerprint density at radius 2 is 1.70 bits per heavy atom.